The summed E-state index contributed by atoms with van der Waals surface area (Å²) in [5.41, 5.74) is 0.812. The molecular formula is C10H11ClN4O. The molecule has 0 atom stereocenters. The molecule has 0 spiro atoms. The molecule has 0 unspecified atom stereocenters. The fourth-order valence-corrected chi connectivity index (χ4v) is 1.41. The van der Waals surface area contributed by atoms with Gasteiger partial charge in [0.1, 0.15) is 0 Å². The summed E-state index contributed by atoms with van der Waals surface area (Å²) in [6.07, 6.45) is 0. The van der Waals surface area contributed by atoms with Crippen LogP contribution in [0.2, 0.25) is 5.02 Å². The Bertz CT molecular complexity index is 471. The number of hydrogen-bond donors (Lipinski definition) is 2. The first-order chi connectivity index (χ1) is 7.78. The van der Waals surface area contributed by atoms with E-state index < -0.39 is 0 Å². The lowest BCUT2D eigenvalue weighted by atomic mass is 10.3. The van der Waals surface area contributed by atoms with Crippen molar-refractivity contribution in [2.45, 2.75) is 6.54 Å². The summed E-state index contributed by atoms with van der Waals surface area (Å²) in [7, 11) is 1.81. The number of rotatable bonds is 4. The Morgan fingerprint density at radius 1 is 1.38 bits per heavy atom. The molecule has 0 saturated heterocycles. The molecule has 0 aliphatic rings. The van der Waals surface area contributed by atoms with Gasteiger partial charge in [-0.1, -0.05) is 22.8 Å². The molecule has 2 aromatic rings. The molecule has 6 heteroatoms. The van der Waals surface area contributed by atoms with Crippen LogP contribution >= 0.6 is 11.6 Å². The van der Waals surface area contributed by atoms with Crippen LogP contribution in [0.15, 0.2) is 28.7 Å². The summed E-state index contributed by atoms with van der Waals surface area (Å²) in [6, 6.07) is 7.65. The summed E-state index contributed by atoms with van der Waals surface area (Å²) in [5.74, 6) is 0.534. The van der Waals surface area contributed by atoms with Crippen molar-refractivity contribution in [2.75, 3.05) is 12.4 Å². The smallest absolute Gasteiger partial charge is 0.320 e. The predicted molar refractivity (Wildman–Crippen MR) is 61.8 cm³/mol. The van der Waals surface area contributed by atoms with Gasteiger partial charge in [0.15, 0.2) is 0 Å². The first kappa shape index (κ1) is 10.9. The van der Waals surface area contributed by atoms with E-state index in [-0.39, 0.29) is 0 Å². The summed E-state index contributed by atoms with van der Waals surface area (Å²) in [6.45, 7) is 0.546. The highest BCUT2D eigenvalue weighted by molar-refractivity contribution is 6.30. The molecule has 0 radical (unpaired) electrons. The molecule has 16 heavy (non-hydrogen) atoms. The quantitative estimate of drug-likeness (QED) is 0.855. The van der Waals surface area contributed by atoms with Crippen LogP contribution in [-0.2, 0) is 6.54 Å². The normalized spacial score (nSPS) is 10.4. The van der Waals surface area contributed by atoms with Crippen molar-refractivity contribution in [1.82, 2.24) is 15.5 Å². The van der Waals surface area contributed by atoms with Gasteiger partial charge in [-0.15, -0.1) is 5.10 Å². The van der Waals surface area contributed by atoms with Crippen molar-refractivity contribution in [3.63, 3.8) is 0 Å². The maximum atomic E-state index is 5.85. The van der Waals surface area contributed by atoms with E-state index in [4.69, 9.17) is 16.0 Å². The third-order valence-corrected chi connectivity index (χ3v) is 2.11. The Morgan fingerprint density at radius 2 is 2.25 bits per heavy atom. The van der Waals surface area contributed by atoms with E-state index in [1.54, 1.807) is 12.1 Å². The van der Waals surface area contributed by atoms with Crippen LogP contribution in [0.25, 0.3) is 0 Å². The average Bonchev–Trinajstić information content (AvgIpc) is 2.66. The minimum atomic E-state index is 0.354. The summed E-state index contributed by atoms with van der Waals surface area (Å²) in [5, 5.41) is 14.2. The van der Waals surface area contributed by atoms with Crippen molar-refractivity contribution in [3.8, 4) is 0 Å². The van der Waals surface area contributed by atoms with Gasteiger partial charge in [0.2, 0.25) is 5.89 Å². The maximum Gasteiger partial charge on any atom is 0.320 e. The van der Waals surface area contributed by atoms with E-state index >= 15 is 0 Å². The summed E-state index contributed by atoms with van der Waals surface area (Å²) >= 11 is 5.85. The van der Waals surface area contributed by atoms with E-state index in [1.165, 1.54) is 0 Å². The van der Waals surface area contributed by atoms with Crippen molar-refractivity contribution >= 4 is 23.3 Å². The zero-order valence-electron chi connectivity index (χ0n) is 8.70. The van der Waals surface area contributed by atoms with Gasteiger partial charge in [0.25, 0.3) is 0 Å². The second kappa shape index (κ2) is 4.96. The van der Waals surface area contributed by atoms with Crippen LogP contribution in [0.4, 0.5) is 11.7 Å². The molecule has 1 aromatic carbocycles. The number of nitrogens with one attached hydrogen (secondary N) is 2. The fraction of sp³-hybridized carbons (Fsp3) is 0.200. The monoisotopic (exact) mass is 238 g/mol. The molecule has 0 aliphatic carbocycles. The molecule has 0 aliphatic heterocycles. The third kappa shape index (κ3) is 2.71. The molecule has 0 saturated carbocycles. The molecule has 1 aromatic heterocycles. The van der Waals surface area contributed by atoms with Crippen molar-refractivity contribution < 1.29 is 4.42 Å². The van der Waals surface area contributed by atoms with Crippen molar-refractivity contribution in [3.05, 3.63) is 35.2 Å². The van der Waals surface area contributed by atoms with E-state index in [0.717, 1.165) is 5.69 Å². The van der Waals surface area contributed by atoms with Crippen LogP contribution < -0.4 is 10.6 Å². The Kier molecular flexibility index (Phi) is 3.38. The Labute approximate surface area is 97.8 Å². The molecule has 84 valence electrons. The SMILES string of the molecule is CNCc1nnc(Nc2cccc(Cl)c2)o1. The fourth-order valence-electron chi connectivity index (χ4n) is 1.22. The number of hydrogen-bond acceptors (Lipinski definition) is 5. The van der Waals surface area contributed by atoms with Gasteiger partial charge in [-0.05, 0) is 25.2 Å². The molecule has 2 rings (SSSR count). The van der Waals surface area contributed by atoms with Crippen molar-refractivity contribution in [1.29, 1.82) is 0 Å². The molecule has 0 amide bonds. The highest BCUT2D eigenvalue weighted by atomic mass is 35.5. The Hall–Kier alpha value is -1.59. The standard InChI is InChI=1S/C10H11ClN4O/c1-12-6-9-14-15-10(16-9)13-8-4-2-3-7(11)5-8/h2-5,12H,6H2,1H3,(H,13,15). The van der Waals surface area contributed by atoms with Crippen LogP contribution in [-0.4, -0.2) is 17.2 Å². The largest absolute Gasteiger partial charge is 0.406 e. The van der Waals surface area contributed by atoms with Gasteiger partial charge in [-0.3, -0.25) is 0 Å². The minimum absolute atomic E-state index is 0.354. The molecular weight excluding hydrogens is 228 g/mol. The zero-order valence-corrected chi connectivity index (χ0v) is 9.45. The van der Waals surface area contributed by atoms with Gasteiger partial charge in [-0.2, -0.15) is 0 Å². The number of benzene rings is 1. The van der Waals surface area contributed by atoms with Gasteiger partial charge >= 0.3 is 6.01 Å². The van der Waals surface area contributed by atoms with Gasteiger partial charge in [0.05, 0.1) is 6.54 Å². The first-order valence-corrected chi connectivity index (χ1v) is 5.15. The van der Waals surface area contributed by atoms with E-state index in [1.807, 2.05) is 19.2 Å². The second-order valence-electron chi connectivity index (χ2n) is 3.17. The highest BCUT2D eigenvalue weighted by Gasteiger charge is 2.04. The highest BCUT2D eigenvalue weighted by Crippen LogP contribution is 2.18. The van der Waals surface area contributed by atoms with Crippen LogP contribution in [0.3, 0.4) is 0 Å². The maximum absolute atomic E-state index is 5.85. The number of anilines is 2. The number of halogens is 1. The van der Waals surface area contributed by atoms with Crippen LogP contribution in [0.5, 0.6) is 0 Å². The van der Waals surface area contributed by atoms with E-state index in [9.17, 15) is 0 Å². The third-order valence-electron chi connectivity index (χ3n) is 1.87. The van der Waals surface area contributed by atoms with Gasteiger partial charge in [0, 0.05) is 10.7 Å². The van der Waals surface area contributed by atoms with E-state index in [0.29, 0.717) is 23.5 Å². The number of nitrogens with zero attached hydrogens (tertiary/aromatic N) is 2. The molecule has 1 heterocycles. The van der Waals surface area contributed by atoms with Gasteiger partial charge in [-0.25, -0.2) is 0 Å². The summed E-state index contributed by atoms with van der Waals surface area (Å²) in [4.78, 5) is 0. The second-order valence-corrected chi connectivity index (χ2v) is 3.60. The van der Waals surface area contributed by atoms with Crippen molar-refractivity contribution in [2.24, 2.45) is 0 Å². The lowest BCUT2D eigenvalue weighted by Gasteiger charge is -2.00. The van der Waals surface area contributed by atoms with E-state index in [2.05, 4.69) is 20.8 Å². The zero-order chi connectivity index (χ0) is 11.4. The summed E-state index contributed by atoms with van der Waals surface area (Å²) < 4.78 is 5.33. The average molecular weight is 239 g/mol. The van der Waals surface area contributed by atoms with Gasteiger partial charge < -0.3 is 15.1 Å². The minimum Gasteiger partial charge on any atom is -0.406 e. The predicted octanol–water partition coefficient (Wildman–Crippen LogP) is 2.19. The molecule has 0 bridgehead atoms. The number of aromatic nitrogens is 2. The molecule has 5 nitrogen and oxygen atoms in total. The Balaban J connectivity index is 2.08. The van der Waals surface area contributed by atoms with Crippen LogP contribution in [0.1, 0.15) is 5.89 Å². The molecule has 2 N–H and O–H groups in total. The lowest BCUT2D eigenvalue weighted by Crippen LogP contribution is -2.04. The first-order valence-electron chi connectivity index (χ1n) is 4.77. The lowest BCUT2D eigenvalue weighted by molar-refractivity contribution is 0.493. The Morgan fingerprint density at radius 3 is 3.00 bits per heavy atom. The molecule has 0 fully saturated rings. The topological polar surface area (TPSA) is 63.0 Å². The van der Waals surface area contributed by atoms with Crippen LogP contribution in [0, 0.1) is 0 Å².